The van der Waals surface area contributed by atoms with Crippen LogP contribution in [0.1, 0.15) is 62.9 Å². The zero-order valence-electron chi connectivity index (χ0n) is 20.6. The van der Waals surface area contributed by atoms with E-state index in [1.807, 2.05) is 12.5 Å². The molecule has 32 heavy (non-hydrogen) atoms. The summed E-state index contributed by atoms with van der Waals surface area (Å²) in [4.78, 5) is 9.41. The lowest BCUT2D eigenvalue weighted by atomic mass is 9.83. The van der Waals surface area contributed by atoms with E-state index in [4.69, 9.17) is 4.98 Å². The van der Waals surface area contributed by atoms with Crippen LogP contribution in [0.2, 0.25) is 0 Å². The van der Waals surface area contributed by atoms with Crippen molar-refractivity contribution in [2.75, 3.05) is 0 Å². The molecule has 0 bridgehead atoms. The Labute approximate surface area is 192 Å². The minimum Gasteiger partial charge on any atom is -0.260 e. The van der Waals surface area contributed by atoms with Crippen LogP contribution in [0, 0.1) is 13.8 Å². The molecule has 0 aliphatic heterocycles. The molecule has 3 heteroatoms. The summed E-state index contributed by atoms with van der Waals surface area (Å²) in [6, 6.07) is 15.6. The van der Waals surface area contributed by atoms with Crippen LogP contribution in [-0.2, 0) is 12.5 Å². The zero-order valence-corrected chi connectivity index (χ0v) is 20.6. The van der Waals surface area contributed by atoms with Crippen molar-refractivity contribution in [2.24, 2.45) is 7.05 Å². The van der Waals surface area contributed by atoms with Gasteiger partial charge in [-0.25, -0.2) is 4.57 Å². The molecule has 0 aliphatic carbocycles. The van der Waals surface area contributed by atoms with E-state index in [1.54, 1.807) is 0 Å². The molecule has 4 rings (SSSR count). The number of hydrogen-bond acceptors (Lipinski definition) is 2. The fourth-order valence-corrected chi connectivity index (χ4v) is 4.21. The summed E-state index contributed by atoms with van der Waals surface area (Å²) in [6.07, 6.45) is 3.90. The maximum Gasteiger partial charge on any atom is 0.287 e. The van der Waals surface area contributed by atoms with Gasteiger partial charge in [-0.15, -0.1) is 0 Å². The molecule has 3 nitrogen and oxygen atoms in total. The first-order valence-corrected chi connectivity index (χ1v) is 11.4. The molecule has 2 aromatic heterocycles. The molecular formula is C29H34N3+. The number of aryl methyl sites for hydroxylation is 2. The van der Waals surface area contributed by atoms with Crippen LogP contribution in [0.15, 0.2) is 55.0 Å². The van der Waals surface area contributed by atoms with E-state index in [0.717, 1.165) is 22.3 Å². The highest BCUT2D eigenvalue weighted by atomic mass is 15.0. The first-order valence-electron chi connectivity index (χ1n) is 11.4. The van der Waals surface area contributed by atoms with Crippen molar-refractivity contribution in [3.05, 3.63) is 77.4 Å². The second kappa shape index (κ2) is 8.12. The minimum atomic E-state index is 0.0942. The van der Waals surface area contributed by atoms with Gasteiger partial charge in [0.2, 0.25) is 0 Å². The summed E-state index contributed by atoms with van der Waals surface area (Å²) in [5, 5.41) is 1.17. The molecule has 2 aromatic carbocycles. The van der Waals surface area contributed by atoms with Crippen molar-refractivity contribution in [3.8, 4) is 22.4 Å². The Morgan fingerprint density at radius 3 is 2.22 bits per heavy atom. The number of benzene rings is 2. The van der Waals surface area contributed by atoms with E-state index in [1.165, 1.54) is 33.3 Å². The number of hydrogen-bond donors (Lipinski definition) is 0. The van der Waals surface area contributed by atoms with E-state index in [-0.39, 0.29) is 5.41 Å². The molecule has 0 N–H and O–H groups in total. The Morgan fingerprint density at radius 1 is 0.875 bits per heavy atom. The van der Waals surface area contributed by atoms with Gasteiger partial charge in [0.1, 0.15) is 5.69 Å². The van der Waals surface area contributed by atoms with E-state index in [0.29, 0.717) is 5.92 Å². The summed E-state index contributed by atoms with van der Waals surface area (Å²) < 4.78 is 2.15. The lowest BCUT2D eigenvalue weighted by Gasteiger charge is -2.22. The van der Waals surface area contributed by atoms with Crippen molar-refractivity contribution < 1.29 is 4.57 Å². The summed E-state index contributed by atoms with van der Waals surface area (Å²) in [7, 11) is 2.09. The summed E-state index contributed by atoms with van der Waals surface area (Å²) in [5.74, 6) is 0.431. The molecule has 0 aliphatic rings. The van der Waals surface area contributed by atoms with Gasteiger partial charge in [0.25, 0.3) is 6.33 Å². The average molecular weight is 425 g/mol. The van der Waals surface area contributed by atoms with E-state index < -0.39 is 0 Å². The van der Waals surface area contributed by atoms with Crippen molar-refractivity contribution in [1.29, 1.82) is 0 Å². The molecule has 0 spiro atoms. The quantitative estimate of drug-likeness (QED) is 0.338. The van der Waals surface area contributed by atoms with Gasteiger partial charge in [0.15, 0.2) is 5.52 Å². The first-order chi connectivity index (χ1) is 15.1. The Bertz CT molecular complexity index is 1290. The van der Waals surface area contributed by atoms with Gasteiger partial charge in [0, 0.05) is 23.0 Å². The molecule has 0 unspecified atom stereocenters. The third kappa shape index (κ3) is 4.04. The van der Waals surface area contributed by atoms with Gasteiger partial charge in [-0.05, 0) is 76.7 Å². The molecule has 0 radical (unpaired) electrons. The summed E-state index contributed by atoms with van der Waals surface area (Å²) in [6.45, 7) is 15.6. The van der Waals surface area contributed by atoms with Crippen molar-refractivity contribution >= 4 is 10.9 Å². The molecule has 4 aromatic rings. The largest absolute Gasteiger partial charge is 0.287 e. The van der Waals surface area contributed by atoms with Crippen molar-refractivity contribution in [3.63, 3.8) is 0 Å². The first kappa shape index (κ1) is 22.1. The minimum absolute atomic E-state index is 0.0942. The van der Waals surface area contributed by atoms with E-state index >= 15 is 0 Å². The maximum atomic E-state index is 4.76. The predicted molar refractivity (Wildman–Crippen MR) is 134 cm³/mol. The van der Waals surface area contributed by atoms with E-state index in [2.05, 4.69) is 108 Å². The van der Waals surface area contributed by atoms with Crippen LogP contribution in [0.25, 0.3) is 33.3 Å². The highest BCUT2D eigenvalue weighted by molar-refractivity contribution is 5.94. The van der Waals surface area contributed by atoms with Gasteiger partial charge < -0.3 is 0 Å². The zero-order chi connectivity index (χ0) is 23.2. The van der Waals surface area contributed by atoms with Crippen molar-refractivity contribution in [2.45, 2.75) is 59.8 Å². The molecular weight excluding hydrogens is 390 g/mol. The fourth-order valence-electron chi connectivity index (χ4n) is 4.21. The topological polar surface area (TPSA) is 29.7 Å². The van der Waals surface area contributed by atoms with Gasteiger partial charge in [-0.2, -0.15) is 0 Å². The molecule has 0 saturated heterocycles. The summed E-state index contributed by atoms with van der Waals surface area (Å²) in [5.41, 5.74) is 11.0. The second-order valence-corrected chi connectivity index (χ2v) is 10.3. The predicted octanol–water partition coefficient (Wildman–Crippen LogP) is 6.83. The number of aromatic nitrogens is 3. The smallest absolute Gasteiger partial charge is 0.260 e. The van der Waals surface area contributed by atoms with Gasteiger partial charge >= 0.3 is 0 Å². The normalized spacial score (nSPS) is 12.0. The van der Waals surface area contributed by atoms with E-state index in [9.17, 15) is 0 Å². The molecule has 0 saturated carbocycles. The standard InChI is InChI=1S/C29H34N3/c1-18(2)26-12-10-22(16-30-26)21-9-11-24-27(14-21)31-17-32(8)28(24)25-15-23(29(5,6)7)13-19(3)20(25)4/h9-18H,1-8H3/q+1. The lowest BCUT2D eigenvalue weighted by molar-refractivity contribution is -0.662. The lowest BCUT2D eigenvalue weighted by Crippen LogP contribution is -2.32. The van der Waals surface area contributed by atoms with Crippen LogP contribution in [0.4, 0.5) is 0 Å². The third-order valence-corrected chi connectivity index (χ3v) is 6.48. The molecule has 2 heterocycles. The number of rotatable bonds is 3. The highest BCUT2D eigenvalue weighted by Crippen LogP contribution is 2.34. The second-order valence-electron chi connectivity index (χ2n) is 10.3. The molecule has 0 amide bonds. The van der Waals surface area contributed by atoms with Crippen LogP contribution in [0.5, 0.6) is 0 Å². The Morgan fingerprint density at radius 2 is 1.59 bits per heavy atom. The number of fused-ring (bicyclic) bond motifs is 1. The Kier molecular flexibility index (Phi) is 5.62. The van der Waals surface area contributed by atoms with Crippen LogP contribution < -0.4 is 4.57 Å². The maximum absolute atomic E-state index is 4.76. The Balaban J connectivity index is 1.89. The van der Waals surface area contributed by atoms with Gasteiger partial charge in [-0.1, -0.05) is 52.8 Å². The molecule has 0 fully saturated rings. The summed E-state index contributed by atoms with van der Waals surface area (Å²) >= 11 is 0. The fraction of sp³-hybridized carbons (Fsp3) is 0.345. The van der Waals surface area contributed by atoms with Gasteiger partial charge in [-0.3, -0.25) is 4.98 Å². The third-order valence-electron chi connectivity index (χ3n) is 6.48. The Hall–Kier alpha value is -3.07. The van der Waals surface area contributed by atoms with Crippen LogP contribution >= 0.6 is 0 Å². The van der Waals surface area contributed by atoms with Crippen LogP contribution in [-0.4, -0.2) is 9.97 Å². The SMILES string of the molecule is Cc1cc(C(C)(C)C)cc(-c2c3ccc(-c4ccc(C(C)C)nc4)cc3nc[n+]2C)c1C. The monoisotopic (exact) mass is 424 g/mol. The number of pyridine rings is 1. The average Bonchev–Trinajstić information content (AvgIpc) is 2.75. The number of nitrogens with zero attached hydrogens (tertiary/aromatic N) is 3. The highest BCUT2D eigenvalue weighted by Gasteiger charge is 2.22. The van der Waals surface area contributed by atoms with Crippen molar-refractivity contribution in [1.82, 2.24) is 9.97 Å². The van der Waals surface area contributed by atoms with Gasteiger partial charge in [0.05, 0.1) is 12.4 Å². The molecule has 0 atom stereocenters. The molecule has 164 valence electrons. The van der Waals surface area contributed by atoms with Crippen LogP contribution in [0.3, 0.4) is 0 Å².